The fourth-order valence-electron chi connectivity index (χ4n) is 1.19. The zero-order valence-electron chi connectivity index (χ0n) is 8.64. The van der Waals surface area contributed by atoms with Crippen LogP contribution < -0.4 is 5.73 Å². The molecule has 16 heavy (non-hydrogen) atoms. The minimum Gasteiger partial charge on any atom is -0.340 e. The quantitative estimate of drug-likeness (QED) is 0.827. The third kappa shape index (κ3) is 2.68. The molecule has 0 aliphatic heterocycles. The van der Waals surface area contributed by atoms with Gasteiger partial charge in [0.05, 0.1) is 10.6 Å². The molecule has 0 unspecified atom stereocenters. The van der Waals surface area contributed by atoms with E-state index in [4.69, 9.17) is 17.3 Å². The molecule has 0 bridgehead atoms. The van der Waals surface area contributed by atoms with Crippen molar-refractivity contribution in [1.29, 1.82) is 0 Å². The maximum Gasteiger partial charge on any atom is 0.256 e. The first kappa shape index (κ1) is 12.9. The molecule has 1 rings (SSSR count). The van der Waals surface area contributed by atoms with Crippen molar-refractivity contribution < 1.29 is 13.6 Å². The van der Waals surface area contributed by atoms with Crippen LogP contribution in [0.3, 0.4) is 0 Å². The number of hydrogen-bond donors (Lipinski definition) is 1. The summed E-state index contributed by atoms with van der Waals surface area (Å²) in [6.45, 7) is 0.516. The number of rotatable bonds is 3. The molecule has 0 radical (unpaired) electrons. The van der Waals surface area contributed by atoms with E-state index in [0.717, 1.165) is 12.1 Å². The Morgan fingerprint density at radius 2 is 2.06 bits per heavy atom. The number of carbonyl (C=O) groups is 1. The summed E-state index contributed by atoms with van der Waals surface area (Å²) in [5.41, 5.74) is 4.91. The molecule has 1 aromatic rings. The third-order valence-electron chi connectivity index (χ3n) is 2.05. The Hall–Kier alpha value is -1.20. The molecular formula is C10H11ClF2N2O. The average molecular weight is 249 g/mol. The number of likely N-dealkylation sites (N-methyl/N-ethyl adjacent to an activating group) is 1. The SMILES string of the molecule is CN(CCN)C(=O)c1cc(F)c(Cl)cc1F. The lowest BCUT2D eigenvalue weighted by Gasteiger charge is -2.16. The van der Waals surface area contributed by atoms with E-state index in [0.29, 0.717) is 0 Å². The molecule has 1 aromatic carbocycles. The van der Waals surface area contributed by atoms with E-state index >= 15 is 0 Å². The molecule has 0 saturated heterocycles. The fraction of sp³-hybridized carbons (Fsp3) is 0.300. The van der Waals surface area contributed by atoms with Crippen molar-refractivity contribution in [2.45, 2.75) is 0 Å². The van der Waals surface area contributed by atoms with Crippen LogP contribution in [0.1, 0.15) is 10.4 Å². The molecule has 2 N–H and O–H groups in total. The average Bonchev–Trinajstić information content (AvgIpc) is 2.23. The standard InChI is InChI=1S/C10H11ClF2N2O/c1-15(3-2-14)10(16)6-4-9(13)7(11)5-8(6)12/h4-5H,2-3,14H2,1H3. The number of halogens is 3. The van der Waals surface area contributed by atoms with Gasteiger partial charge < -0.3 is 10.6 Å². The van der Waals surface area contributed by atoms with E-state index in [-0.39, 0.29) is 23.7 Å². The molecule has 0 aliphatic rings. The molecule has 0 spiro atoms. The molecule has 6 heteroatoms. The van der Waals surface area contributed by atoms with Crippen LogP contribution >= 0.6 is 11.6 Å². The van der Waals surface area contributed by atoms with Crippen LogP contribution in [-0.2, 0) is 0 Å². The van der Waals surface area contributed by atoms with Crippen molar-refractivity contribution in [1.82, 2.24) is 4.90 Å². The Labute approximate surface area is 96.8 Å². The lowest BCUT2D eigenvalue weighted by Crippen LogP contribution is -2.32. The Morgan fingerprint density at radius 3 is 2.62 bits per heavy atom. The maximum absolute atomic E-state index is 13.4. The number of hydrogen-bond acceptors (Lipinski definition) is 2. The smallest absolute Gasteiger partial charge is 0.256 e. The van der Waals surface area contributed by atoms with Crippen molar-refractivity contribution >= 4 is 17.5 Å². The van der Waals surface area contributed by atoms with Gasteiger partial charge in [-0.15, -0.1) is 0 Å². The lowest BCUT2D eigenvalue weighted by molar-refractivity contribution is 0.0794. The Bertz CT molecular complexity index is 412. The van der Waals surface area contributed by atoms with Gasteiger partial charge in [0.25, 0.3) is 5.91 Å². The van der Waals surface area contributed by atoms with Crippen LogP contribution in [-0.4, -0.2) is 30.9 Å². The Kier molecular flexibility index (Phi) is 4.20. The van der Waals surface area contributed by atoms with Gasteiger partial charge in [0.2, 0.25) is 0 Å². The predicted octanol–water partition coefficient (Wildman–Crippen LogP) is 1.65. The first-order valence-electron chi connectivity index (χ1n) is 4.57. The van der Waals surface area contributed by atoms with Crippen molar-refractivity contribution in [3.8, 4) is 0 Å². The van der Waals surface area contributed by atoms with Gasteiger partial charge in [-0.05, 0) is 12.1 Å². The molecule has 0 fully saturated rings. The molecule has 0 saturated carbocycles. The number of carbonyl (C=O) groups excluding carboxylic acids is 1. The van der Waals surface area contributed by atoms with E-state index in [1.165, 1.54) is 11.9 Å². The van der Waals surface area contributed by atoms with Crippen LogP contribution in [0.5, 0.6) is 0 Å². The second-order valence-corrected chi connectivity index (χ2v) is 3.67. The highest BCUT2D eigenvalue weighted by atomic mass is 35.5. The first-order chi connectivity index (χ1) is 7.47. The Morgan fingerprint density at radius 1 is 1.44 bits per heavy atom. The van der Waals surface area contributed by atoms with Gasteiger partial charge in [0, 0.05) is 20.1 Å². The number of amides is 1. The van der Waals surface area contributed by atoms with E-state index in [1.807, 2.05) is 0 Å². The molecule has 0 heterocycles. The minimum absolute atomic E-state index is 0.250. The molecule has 0 aliphatic carbocycles. The van der Waals surface area contributed by atoms with Gasteiger partial charge in [0.15, 0.2) is 0 Å². The largest absolute Gasteiger partial charge is 0.340 e. The molecule has 0 atom stereocenters. The summed E-state index contributed by atoms with van der Waals surface area (Å²) in [5, 5.41) is -0.351. The number of benzene rings is 1. The van der Waals surface area contributed by atoms with Crippen molar-refractivity contribution in [3.05, 3.63) is 34.4 Å². The molecule has 3 nitrogen and oxygen atoms in total. The van der Waals surface area contributed by atoms with Crippen molar-refractivity contribution in [2.75, 3.05) is 20.1 Å². The zero-order chi connectivity index (χ0) is 12.3. The third-order valence-corrected chi connectivity index (χ3v) is 2.34. The monoisotopic (exact) mass is 248 g/mol. The molecule has 1 amide bonds. The van der Waals surface area contributed by atoms with Crippen molar-refractivity contribution in [2.24, 2.45) is 5.73 Å². The van der Waals surface area contributed by atoms with Crippen LogP contribution in [0.4, 0.5) is 8.78 Å². The van der Waals surface area contributed by atoms with E-state index in [2.05, 4.69) is 0 Å². The van der Waals surface area contributed by atoms with Crippen LogP contribution in [0.25, 0.3) is 0 Å². The summed E-state index contributed by atoms with van der Waals surface area (Å²) in [6.07, 6.45) is 0. The molecule has 0 aromatic heterocycles. The highest BCUT2D eigenvalue weighted by molar-refractivity contribution is 6.30. The summed E-state index contributed by atoms with van der Waals surface area (Å²) < 4.78 is 26.4. The van der Waals surface area contributed by atoms with E-state index in [1.54, 1.807) is 0 Å². The van der Waals surface area contributed by atoms with Gasteiger partial charge >= 0.3 is 0 Å². The maximum atomic E-state index is 13.4. The van der Waals surface area contributed by atoms with Crippen LogP contribution in [0, 0.1) is 11.6 Å². The van der Waals surface area contributed by atoms with Crippen molar-refractivity contribution in [3.63, 3.8) is 0 Å². The number of nitrogens with zero attached hydrogens (tertiary/aromatic N) is 1. The highest BCUT2D eigenvalue weighted by Gasteiger charge is 2.18. The summed E-state index contributed by atoms with van der Waals surface area (Å²) in [4.78, 5) is 12.9. The summed E-state index contributed by atoms with van der Waals surface area (Å²) in [6, 6.07) is 1.56. The highest BCUT2D eigenvalue weighted by Crippen LogP contribution is 2.20. The fourth-order valence-corrected chi connectivity index (χ4v) is 1.34. The second kappa shape index (κ2) is 5.23. The topological polar surface area (TPSA) is 46.3 Å². The summed E-state index contributed by atoms with van der Waals surface area (Å²) >= 11 is 5.37. The number of nitrogens with two attached hydrogens (primary N) is 1. The Balaban J connectivity index is 3.04. The van der Waals surface area contributed by atoms with Gasteiger partial charge in [-0.2, -0.15) is 0 Å². The van der Waals surface area contributed by atoms with Gasteiger partial charge in [-0.3, -0.25) is 4.79 Å². The van der Waals surface area contributed by atoms with E-state index in [9.17, 15) is 13.6 Å². The van der Waals surface area contributed by atoms with Gasteiger partial charge in [-0.25, -0.2) is 8.78 Å². The lowest BCUT2D eigenvalue weighted by atomic mass is 10.2. The zero-order valence-corrected chi connectivity index (χ0v) is 9.39. The van der Waals surface area contributed by atoms with Crippen LogP contribution in [0.2, 0.25) is 5.02 Å². The second-order valence-electron chi connectivity index (χ2n) is 3.26. The normalized spacial score (nSPS) is 10.3. The predicted molar refractivity (Wildman–Crippen MR) is 57.4 cm³/mol. The minimum atomic E-state index is -0.847. The molecular weight excluding hydrogens is 238 g/mol. The van der Waals surface area contributed by atoms with Gasteiger partial charge in [-0.1, -0.05) is 11.6 Å². The van der Waals surface area contributed by atoms with E-state index < -0.39 is 17.5 Å². The summed E-state index contributed by atoms with van der Waals surface area (Å²) in [7, 11) is 1.46. The van der Waals surface area contributed by atoms with Crippen LogP contribution in [0.15, 0.2) is 12.1 Å². The first-order valence-corrected chi connectivity index (χ1v) is 4.95. The summed E-state index contributed by atoms with van der Waals surface area (Å²) in [5.74, 6) is -2.30. The molecule has 88 valence electrons. The van der Waals surface area contributed by atoms with Gasteiger partial charge in [0.1, 0.15) is 11.6 Å².